The van der Waals surface area contributed by atoms with Gasteiger partial charge in [-0.15, -0.1) is 0 Å². The quantitative estimate of drug-likeness (QED) is 0.894. The summed E-state index contributed by atoms with van der Waals surface area (Å²) >= 11 is 0. The highest BCUT2D eigenvalue weighted by molar-refractivity contribution is 5.87. The molecule has 0 fully saturated rings. The Morgan fingerprint density at radius 3 is 2.28 bits per heavy atom. The van der Waals surface area contributed by atoms with Gasteiger partial charge in [-0.1, -0.05) is 19.9 Å². The Kier molecular flexibility index (Phi) is 3.96. The highest BCUT2D eigenvalue weighted by Crippen LogP contribution is 2.31. The van der Waals surface area contributed by atoms with Gasteiger partial charge in [-0.3, -0.25) is 4.79 Å². The van der Waals surface area contributed by atoms with Crippen LogP contribution in [0.15, 0.2) is 18.2 Å². The van der Waals surface area contributed by atoms with Crippen molar-refractivity contribution < 1.29 is 9.18 Å². The van der Waals surface area contributed by atoms with Crippen LogP contribution in [0.3, 0.4) is 0 Å². The second-order valence-corrected chi connectivity index (χ2v) is 6.02. The summed E-state index contributed by atoms with van der Waals surface area (Å²) in [5.41, 5.74) is 6.51. The fourth-order valence-electron chi connectivity index (χ4n) is 1.61. The van der Waals surface area contributed by atoms with Crippen LogP contribution in [0.1, 0.15) is 38.8 Å². The molecule has 2 N–H and O–H groups in total. The first kappa shape index (κ1) is 14.8. The van der Waals surface area contributed by atoms with Crippen LogP contribution in [0.5, 0.6) is 0 Å². The van der Waals surface area contributed by atoms with Crippen LogP contribution in [0.25, 0.3) is 0 Å². The molecule has 1 aromatic rings. The van der Waals surface area contributed by atoms with E-state index < -0.39 is 11.0 Å². The molecule has 0 aromatic heterocycles. The Balaban J connectivity index is 2.95. The standard InChI is InChI=1S/C15H22FNO/c1-10-8-12(16)7-6-11(10)9-13(18)14(2,3)15(4,5)17/h6-8H,9,17H2,1-5H3. The van der Waals surface area contributed by atoms with Crippen molar-refractivity contribution in [3.8, 4) is 0 Å². The Morgan fingerprint density at radius 1 is 1.28 bits per heavy atom. The summed E-state index contributed by atoms with van der Waals surface area (Å²) in [6.45, 7) is 9.22. The van der Waals surface area contributed by atoms with Gasteiger partial charge in [0.25, 0.3) is 0 Å². The zero-order valence-electron chi connectivity index (χ0n) is 11.8. The van der Waals surface area contributed by atoms with E-state index in [0.29, 0.717) is 6.42 Å². The number of benzene rings is 1. The van der Waals surface area contributed by atoms with Crippen molar-refractivity contribution in [1.82, 2.24) is 0 Å². The number of hydrogen-bond acceptors (Lipinski definition) is 2. The van der Waals surface area contributed by atoms with Crippen molar-refractivity contribution in [3.63, 3.8) is 0 Å². The van der Waals surface area contributed by atoms with Crippen molar-refractivity contribution in [2.24, 2.45) is 11.1 Å². The lowest BCUT2D eigenvalue weighted by Crippen LogP contribution is -2.52. The minimum atomic E-state index is -0.617. The molecule has 0 heterocycles. The van der Waals surface area contributed by atoms with Crippen LogP contribution in [-0.2, 0) is 11.2 Å². The van der Waals surface area contributed by atoms with Crippen molar-refractivity contribution in [1.29, 1.82) is 0 Å². The number of halogens is 1. The van der Waals surface area contributed by atoms with E-state index in [-0.39, 0.29) is 11.6 Å². The van der Waals surface area contributed by atoms with Crippen LogP contribution in [0.4, 0.5) is 4.39 Å². The molecule has 18 heavy (non-hydrogen) atoms. The number of aryl methyl sites for hydroxylation is 1. The minimum Gasteiger partial charge on any atom is -0.325 e. The largest absolute Gasteiger partial charge is 0.325 e. The van der Waals surface area contributed by atoms with E-state index >= 15 is 0 Å². The summed E-state index contributed by atoms with van der Waals surface area (Å²) in [6.07, 6.45) is 0.291. The first-order valence-electron chi connectivity index (χ1n) is 6.13. The van der Waals surface area contributed by atoms with Crippen LogP contribution in [-0.4, -0.2) is 11.3 Å². The first-order valence-corrected chi connectivity index (χ1v) is 6.13. The highest BCUT2D eigenvalue weighted by atomic mass is 19.1. The number of Topliss-reactive ketones (excluding diaryl/α,β-unsaturated/α-hetero) is 1. The molecule has 0 spiro atoms. The second kappa shape index (κ2) is 4.81. The Bertz CT molecular complexity index is 458. The van der Waals surface area contributed by atoms with E-state index in [1.807, 2.05) is 34.6 Å². The van der Waals surface area contributed by atoms with E-state index in [2.05, 4.69) is 0 Å². The molecule has 0 aliphatic heterocycles. The van der Waals surface area contributed by atoms with Gasteiger partial charge >= 0.3 is 0 Å². The normalized spacial score (nSPS) is 12.6. The molecule has 0 atom stereocenters. The number of hydrogen-bond donors (Lipinski definition) is 1. The van der Waals surface area contributed by atoms with E-state index in [9.17, 15) is 9.18 Å². The number of carbonyl (C=O) groups excluding carboxylic acids is 1. The van der Waals surface area contributed by atoms with Crippen LogP contribution in [0, 0.1) is 18.2 Å². The van der Waals surface area contributed by atoms with E-state index in [1.54, 1.807) is 6.07 Å². The third-order valence-corrected chi connectivity index (χ3v) is 3.96. The third kappa shape index (κ3) is 2.96. The lowest BCUT2D eigenvalue weighted by atomic mass is 9.70. The maximum absolute atomic E-state index is 13.0. The maximum Gasteiger partial charge on any atom is 0.144 e. The molecule has 0 amide bonds. The van der Waals surface area contributed by atoms with Crippen molar-refractivity contribution in [2.45, 2.75) is 46.6 Å². The molecular formula is C15H22FNO. The van der Waals surface area contributed by atoms with Crippen molar-refractivity contribution in [3.05, 3.63) is 35.1 Å². The van der Waals surface area contributed by atoms with Gasteiger partial charge in [0.1, 0.15) is 11.6 Å². The maximum atomic E-state index is 13.0. The Labute approximate surface area is 108 Å². The summed E-state index contributed by atoms with van der Waals surface area (Å²) in [5, 5.41) is 0. The van der Waals surface area contributed by atoms with E-state index in [1.165, 1.54) is 12.1 Å². The van der Waals surface area contributed by atoms with Gasteiger partial charge < -0.3 is 5.73 Å². The van der Waals surface area contributed by atoms with Gasteiger partial charge in [0.15, 0.2) is 0 Å². The van der Waals surface area contributed by atoms with Crippen LogP contribution in [0.2, 0.25) is 0 Å². The third-order valence-electron chi connectivity index (χ3n) is 3.96. The monoisotopic (exact) mass is 251 g/mol. The van der Waals surface area contributed by atoms with Crippen molar-refractivity contribution >= 4 is 5.78 Å². The molecule has 2 nitrogen and oxygen atoms in total. The predicted octanol–water partition coefficient (Wildman–Crippen LogP) is 3.01. The predicted molar refractivity (Wildman–Crippen MR) is 71.9 cm³/mol. The summed E-state index contributed by atoms with van der Waals surface area (Å²) in [6, 6.07) is 4.50. The van der Waals surface area contributed by atoms with E-state index in [0.717, 1.165) is 11.1 Å². The SMILES string of the molecule is Cc1cc(F)ccc1CC(=O)C(C)(C)C(C)(C)N. The summed E-state index contributed by atoms with van der Waals surface area (Å²) in [7, 11) is 0. The summed E-state index contributed by atoms with van der Waals surface area (Å²) in [5.74, 6) is -0.202. The van der Waals surface area contributed by atoms with Crippen molar-refractivity contribution in [2.75, 3.05) is 0 Å². The second-order valence-electron chi connectivity index (χ2n) is 6.02. The number of ketones is 1. The van der Waals surface area contributed by atoms with Gasteiger partial charge in [-0.2, -0.15) is 0 Å². The van der Waals surface area contributed by atoms with Gasteiger partial charge in [0.05, 0.1) is 0 Å². The molecule has 0 bridgehead atoms. The molecule has 0 saturated carbocycles. The smallest absolute Gasteiger partial charge is 0.144 e. The van der Waals surface area contributed by atoms with Gasteiger partial charge in [-0.25, -0.2) is 4.39 Å². The fourth-order valence-corrected chi connectivity index (χ4v) is 1.61. The zero-order valence-corrected chi connectivity index (χ0v) is 11.8. The lowest BCUT2D eigenvalue weighted by molar-refractivity contribution is -0.129. The number of nitrogens with two attached hydrogens (primary N) is 1. The molecule has 0 aliphatic carbocycles. The Hall–Kier alpha value is -1.22. The minimum absolute atomic E-state index is 0.0738. The molecule has 3 heteroatoms. The zero-order chi connectivity index (χ0) is 14.1. The lowest BCUT2D eigenvalue weighted by Gasteiger charge is -2.37. The molecule has 0 radical (unpaired) electrons. The first-order chi connectivity index (χ1) is 8.05. The van der Waals surface area contributed by atoms with E-state index in [4.69, 9.17) is 5.73 Å². The van der Waals surface area contributed by atoms with Crippen LogP contribution >= 0.6 is 0 Å². The fraction of sp³-hybridized carbons (Fsp3) is 0.533. The molecule has 100 valence electrons. The molecule has 1 aromatic carbocycles. The molecule has 0 aliphatic rings. The summed E-state index contributed by atoms with van der Waals surface area (Å²) in [4.78, 5) is 12.3. The number of rotatable bonds is 4. The van der Waals surface area contributed by atoms with Gasteiger partial charge in [0.2, 0.25) is 0 Å². The average molecular weight is 251 g/mol. The Morgan fingerprint density at radius 2 is 1.83 bits per heavy atom. The summed E-state index contributed by atoms with van der Waals surface area (Å²) < 4.78 is 13.0. The highest BCUT2D eigenvalue weighted by Gasteiger charge is 2.39. The average Bonchev–Trinajstić information content (AvgIpc) is 2.20. The molecule has 0 saturated heterocycles. The number of carbonyl (C=O) groups is 1. The molecule has 0 unspecified atom stereocenters. The molecular weight excluding hydrogens is 229 g/mol. The van der Waals surface area contributed by atoms with Gasteiger partial charge in [0, 0.05) is 17.4 Å². The topological polar surface area (TPSA) is 43.1 Å². The van der Waals surface area contributed by atoms with Gasteiger partial charge in [-0.05, 0) is 44.0 Å². The molecule has 1 rings (SSSR count). The van der Waals surface area contributed by atoms with Crippen LogP contribution < -0.4 is 5.73 Å².